The Kier molecular flexibility index (Phi) is 5.83. The summed E-state index contributed by atoms with van der Waals surface area (Å²) >= 11 is 1.53. The molecule has 4 rings (SSSR count). The molecule has 3 aromatic carbocycles. The normalized spacial score (nSPS) is 14.0. The van der Waals surface area contributed by atoms with Gasteiger partial charge in [-0.05, 0) is 29.8 Å². The third kappa shape index (κ3) is 4.49. The van der Waals surface area contributed by atoms with Crippen LogP contribution in [0.1, 0.15) is 17.2 Å². The SMILES string of the molecule is O=C(Nc1ccc2c(c1)OCCCO2)C(Sc1ccccc1)c1ccccc1. The van der Waals surface area contributed by atoms with Crippen molar-refractivity contribution in [3.05, 3.63) is 84.4 Å². The van der Waals surface area contributed by atoms with Gasteiger partial charge in [-0.1, -0.05) is 48.5 Å². The lowest BCUT2D eigenvalue weighted by molar-refractivity contribution is -0.115. The fraction of sp³-hybridized carbons (Fsp3) is 0.174. The van der Waals surface area contributed by atoms with E-state index in [1.54, 1.807) is 0 Å². The summed E-state index contributed by atoms with van der Waals surface area (Å²) in [5.41, 5.74) is 1.66. The van der Waals surface area contributed by atoms with E-state index in [2.05, 4.69) is 5.32 Å². The van der Waals surface area contributed by atoms with E-state index >= 15 is 0 Å². The van der Waals surface area contributed by atoms with Gasteiger partial charge in [-0.3, -0.25) is 4.79 Å². The molecule has 1 aliphatic rings. The van der Waals surface area contributed by atoms with E-state index in [-0.39, 0.29) is 11.2 Å². The Morgan fingerprint density at radius 3 is 2.29 bits per heavy atom. The van der Waals surface area contributed by atoms with Gasteiger partial charge in [0.1, 0.15) is 5.25 Å². The van der Waals surface area contributed by atoms with Crippen LogP contribution in [0.5, 0.6) is 11.5 Å². The highest BCUT2D eigenvalue weighted by atomic mass is 32.2. The molecule has 3 aromatic rings. The van der Waals surface area contributed by atoms with Crippen molar-refractivity contribution in [2.24, 2.45) is 0 Å². The van der Waals surface area contributed by atoms with Crippen LogP contribution in [0.15, 0.2) is 83.8 Å². The van der Waals surface area contributed by atoms with E-state index in [0.717, 1.165) is 16.9 Å². The van der Waals surface area contributed by atoms with E-state index in [1.807, 2.05) is 78.9 Å². The second kappa shape index (κ2) is 8.85. The molecule has 0 saturated carbocycles. The second-order valence-electron chi connectivity index (χ2n) is 6.42. The zero-order valence-corrected chi connectivity index (χ0v) is 16.2. The van der Waals surface area contributed by atoms with Crippen LogP contribution in [0.3, 0.4) is 0 Å². The van der Waals surface area contributed by atoms with Gasteiger partial charge in [0.25, 0.3) is 0 Å². The number of amides is 1. The maximum atomic E-state index is 13.1. The summed E-state index contributed by atoms with van der Waals surface area (Å²) in [7, 11) is 0. The molecule has 1 amide bonds. The van der Waals surface area contributed by atoms with Gasteiger partial charge in [-0.15, -0.1) is 11.8 Å². The van der Waals surface area contributed by atoms with Gasteiger partial charge in [0, 0.05) is 23.1 Å². The highest BCUT2D eigenvalue weighted by molar-refractivity contribution is 8.00. The fourth-order valence-electron chi connectivity index (χ4n) is 2.98. The van der Waals surface area contributed by atoms with Crippen LogP contribution in [0.4, 0.5) is 5.69 Å². The van der Waals surface area contributed by atoms with Crippen molar-refractivity contribution in [2.45, 2.75) is 16.6 Å². The molecule has 0 aliphatic carbocycles. The zero-order chi connectivity index (χ0) is 19.2. The Morgan fingerprint density at radius 1 is 0.857 bits per heavy atom. The molecule has 0 bridgehead atoms. The summed E-state index contributed by atoms with van der Waals surface area (Å²) in [5, 5.41) is 2.67. The molecule has 0 fully saturated rings. The van der Waals surface area contributed by atoms with Crippen molar-refractivity contribution in [2.75, 3.05) is 18.5 Å². The molecular weight excluding hydrogens is 370 g/mol. The summed E-state index contributed by atoms with van der Waals surface area (Å²) in [6, 6.07) is 25.3. The van der Waals surface area contributed by atoms with Crippen LogP contribution in [0.2, 0.25) is 0 Å². The molecule has 0 radical (unpaired) electrons. The van der Waals surface area contributed by atoms with E-state index in [4.69, 9.17) is 9.47 Å². The summed E-state index contributed by atoms with van der Waals surface area (Å²) < 4.78 is 11.4. The maximum Gasteiger partial charge on any atom is 0.242 e. The predicted molar refractivity (Wildman–Crippen MR) is 112 cm³/mol. The Hall–Kier alpha value is -2.92. The Morgan fingerprint density at radius 2 is 1.54 bits per heavy atom. The first kappa shape index (κ1) is 18.4. The maximum absolute atomic E-state index is 13.1. The van der Waals surface area contributed by atoms with Crippen LogP contribution >= 0.6 is 11.8 Å². The topological polar surface area (TPSA) is 47.6 Å². The van der Waals surface area contributed by atoms with Crippen molar-refractivity contribution in [1.29, 1.82) is 0 Å². The Balaban J connectivity index is 1.56. The van der Waals surface area contributed by atoms with Crippen LogP contribution in [-0.4, -0.2) is 19.1 Å². The standard InChI is InChI=1S/C23H21NO3S/c25-23(24-18-12-13-20-21(16-18)27-15-7-14-26-20)22(17-8-3-1-4-9-17)28-19-10-5-2-6-11-19/h1-6,8-13,16,22H,7,14-15H2,(H,24,25). The number of rotatable bonds is 5. The minimum absolute atomic E-state index is 0.0745. The van der Waals surface area contributed by atoms with Crippen molar-refractivity contribution in [3.63, 3.8) is 0 Å². The highest BCUT2D eigenvalue weighted by Crippen LogP contribution is 2.37. The van der Waals surface area contributed by atoms with Gasteiger partial charge < -0.3 is 14.8 Å². The number of nitrogens with one attached hydrogen (secondary N) is 1. The molecule has 5 heteroatoms. The molecule has 1 heterocycles. The molecule has 1 N–H and O–H groups in total. The fourth-order valence-corrected chi connectivity index (χ4v) is 4.03. The lowest BCUT2D eigenvalue weighted by atomic mass is 10.1. The van der Waals surface area contributed by atoms with Gasteiger partial charge in [0.05, 0.1) is 13.2 Å². The third-order valence-corrected chi connectivity index (χ3v) is 5.62. The minimum Gasteiger partial charge on any atom is -0.490 e. The number of ether oxygens (including phenoxy) is 2. The first-order valence-corrected chi connectivity index (χ1v) is 10.1. The van der Waals surface area contributed by atoms with Crippen LogP contribution in [0.25, 0.3) is 0 Å². The Bertz CT molecular complexity index is 931. The van der Waals surface area contributed by atoms with E-state index in [9.17, 15) is 4.79 Å². The first-order chi connectivity index (χ1) is 13.8. The number of thioether (sulfide) groups is 1. The van der Waals surface area contributed by atoms with Crippen molar-refractivity contribution in [3.8, 4) is 11.5 Å². The Labute approximate surface area is 168 Å². The van der Waals surface area contributed by atoms with Gasteiger partial charge in [0.15, 0.2) is 11.5 Å². The number of carbonyl (C=O) groups is 1. The average molecular weight is 391 g/mol. The first-order valence-electron chi connectivity index (χ1n) is 9.27. The molecule has 4 nitrogen and oxygen atoms in total. The van der Waals surface area contributed by atoms with Gasteiger partial charge >= 0.3 is 0 Å². The summed E-state index contributed by atoms with van der Waals surface area (Å²) in [6.45, 7) is 1.25. The van der Waals surface area contributed by atoms with Gasteiger partial charge in [-0.2, -0.15) is 0 Å². The van der Waals surface area contributed by atoms with E-state index in [0.29, 0.717) is 30.4 Å². The molecule has 0 aromatic heterocycles. The molecule has 0 saturated heterocycles. The van der Waals surface area contributed by atoms with Crippen molar-refractivity contribution >= 4 is 23.4 Å². The van der Waals surface area contributed by atoms with Crippen LogP contribution in [0, 0.1) is 0 Å². The highest BCUT2D eigenvalue weighted by Gasteiger charge is 2.22. The number of fused-ring (bicyclic) bond motifs is 1. The largest absolute Gasteiger partial charge is 0.490 e. The summed E-state index contributed by atoms with van der Waals surface area (Å²) in [4.78, 5) is 14.2. The number of carbonyl (C=O) groups excluding carboxylic acids is 1. The number of hydrogen-bond acceptors (Lipinski definition) is 4. The van der Waals surface area contributed by atoms with Crippen LogP contribution < -0.4 is 14.8 Å². The summed E-state index contributed by atoms with van der Waals surface area (Å²) in [6.07, 6.45) is 0.847. The van der Waals surface area contributed by atoms with E-state index in [1.165, 1.54) is 11.8 Å². The summed E-state index contributed by atoms with van der Waals surface area (Å²) in [5.74, 6) is 1.31. The molecule has 28 heavy (non-hydrogen) atoms. The lowest BCUT2D eigenvalue weighted by Crippen LogP contribution is -2.19. The average Bonchev–Trinajstić information content (AvgIpc) is 2.98. The monoisotopic (exact) mass is 391 g/mol. The predicted octanol–water partition coefficient (Wildman–Crippen LogP) is 5.32. The van der Waals surface area contributed by atoms with Crippen molar-refractivity contribution in [1.82, 2.24) is 0 Å². The van der Waals surface area contributed by atoms with Crippen LogP contribution in [-0.2, 0) is 4.79 Å². The molecule has 142 valence electrons. The molecular formula is C23H21NO3S. The molecule has 1 atom stereocenters. The molecule has 1 aliphatic heterocycles. The quantitative estimate of drug-likeness (QED) is 0.598. The zero-order valence-electron chi connectivity index (χ0n) is 15.3. The number of hydrogen-bond donors (Lipinski definition) is 1. The lowest BCUT2D eigenvalue weighted by Gasteiger charge is -2.18. The third-order valence-electron chi connectivity index (χ3n) is 4.35. The number of anilines is 1. The smallest absolute Gasteiger partial charge is 0.242 e. The van der Waals surface area contributed by atoms with E-state index < -0.39 is 0 Å². The minimum atomic E-state index is -0.362. The molecule has 1 unspecified atom stereocenters. The van der Waals surface area contributed by atoms with Gasteiger partial charge in [0.2, 0.25) is 5.91 Å². The number of benzene rings is 3. The molecule has 0 spiro atoms. The second-order valence-corrected chi connectivity index (χ2v) is 7.60. The van der Waals surface area contributed by atoms with Crippen molar-refractivity contribution < 1.29 is 14.3 Å². The van der Waals surface area contributed by atoms with Gasteiger partial charge in [-0.25, -0.2) is 0 Å².